The first-order valence-corrected chi connectivity index (χ1v) is 7.00. The highest BCUT2D eigenvalue weighted by Gasteiger charge is 2.17. The van der Waals surface area contributed by atoms with Gasteiger partial charge in [-0.3, -0.25) is 0 Å². The monoisotopic (exact) mass is 274 g/mol. The summed E-state index contributed by atoms with van der Waals surface area (Å²) >= 11 is 1.63. The van der Waals surface area contributed by atoms with Crippen LogP contribution in [0.15, 0.2) is 28.8 Å². The summed E-state index contributed by atoms with van der Waals surface area (Å²) in [6, 6.07) is 8.11. The normalized spacial score (nSPS) is 12.7. The van der Waals surface area contributed by atoms with Crippen LogP contribution in [0.25, 0.3) is 10.2 Å². The number of hydrogen-bond acceptors (Lipinski definition) is 6. The molecule has 0 spiro atoms. The first-order chi connectivity index (χ1) is 9.26. The quantitative estimate of drug-likeness (QED) is 0.788. The van der Waals surface area contributed by atoms with Gasteiger partial charge in [0.15, 0.2) is 11.0 Å². The second-order valence-corrected chi connectivity index (χ2v) is 5.29. The Hall–Kier alpha value is -1.95. The number of nitrogens with zero attached hydrogens (tertiary/aromatic N) is 3. The summed E-state index contributed by atoms with van der Waals surface area (Å²) in [5.41, 5.74) is 1.01. The third-order valence-electron chi connectivity index (χ3n) is 2.85. The minimum atomic E-state index is 0.0259. The molecule has 5 nitrogen and oxygen atoms in total. The molecule has 0 aliphatic carbocycles. The zero-order valence-electron chi connectivity index (χ0n) is 10.8. The van der Waals surface area contributed by atoms with Crippen molar-refractivity contribution in [2.24, 2.45) is 0 Å². The summed E-state index contributed by atoms with van der Waals surface area (Å²) < 4.78 is 6.20. The molecule has 19 heavy (non-hydrogen) atoms. The first kappa shape index (κ1) is 12.1. The minimum Gasteiger partial charge on any atom is -0.351 e. The van der Waals surface area contributed by atoms with Crippen LogP contribution in [0.1, 0.15) is 31.1 Å². The maximum absolute atomic E-state index is 5.03. The van der Waals surface area contributed by atoms with Gasteiger partial charge in [-0.1, -0.05) is 35.5 Å². The predicted octanol–water partition coefficient (Wildman–Crippen LogP) is 3.55. The molecule has 1 N–H and O–H groups in total. The van der Waals surface area contributed by atoms with E-state index < -0.39 is 0 Å². The van der Waals surface area contributed by atoms with Gasteiger partial charge in [-0.2, -0.15) is 4.98 Å². The lowest BCUT2D eigenvalue weighted by molar-refractivity contribution is 0.384. The van der Waals surface area contributed by atoms with Gasteiger partial charge in [-0.15, -0.1) is 0 Å². The van der Waals surface area contributed by atoms with Crippen LogP contribution in [0.3, 0.4) is 0 Å². The van der Waals surface area contributed by atoms with Crippen LogP contribution in [-0.2, 0) is 0 Å². The highest BCUT2D eigenvalue weighted by Crippen LogP contribution is 2.28. The third-order valence-corrected chi connectivity index (χ3v) is 3.82. The summed E-state index contributed by atoms with van der Waals surface area (Å²) in [6.07, 6.45) is 0.870. The van der Waals surface area contributed by atoms with E-state index in [0.717, 1.165) is 17.1 Å². The Morgan fingerprint density at radius 1 is 1.32 bits per heavy atom. The number of aryl methyl sites for hydroxylation is 1. The van der Waals surface area contributed by atoms with Gasteiger partial charge in [-0.05, 0) is 18.6 Å². The molecule has 0 saturated carbocycles. The summed E-state index contributed by atoms with van der Waals surface area (Å²) in [6.45, 7) is 3.87. The number of thiazole rings is 1. The van der Waals surface area contributed by atoms with E-state index in [1.165, 1.54) is 4.70 Å². The van der Waals surface area contributed by atoms with Crippen molar-refractivity contribution < 1.29 is 4.52 Å². The SMILES string of the molecule is CCC(Nc1nc2ccccc2s1)c1noc(C)n1. The van der Waals surface area contributed by atoms with Crippen molar-refractivity contribution in [1.29, 1.82) is 0 Å². The fourth-order valence-corrected chi connectivity index (χ4v) is 2.81. The van der Waals surface area contributed by atoms with Crippen molar-refractivity contribution >= 4 is 26.7 Å². The topological polar surface area (TPSA) is 63.8 Å². The number of para-hydroxylation sites is 1. The van der Waals surface area contributed by atoms with E-state index in [-0.39, 0.29) is 6.04 Å². The van der Waals surface area contributed by atoms with Gasteiger partial charge in [0.05, 0.1) is 16.3 Å². The fraction of sp³-hybridized carbons (Fsp3) is 0.308. The maximum atomic E-state index is 5.03. The molecule has 1 unspecified atom stereocenters. The lowest BCUT2D eigenvalue weighted by Crippen LogP contribution is -2.11. The highest BCUT2D eigenvalue weighted by molar-refractivity contribution is 7.22. The standard InChI is InChI=1S/C13H14N4OS/c1-3-9(12-14-8(2)18-17-12)15-13-16-10-6-4-5-7-11(10)19-13/h4-7,9H,3H2,1-2H3,(H,15,16). The van der Waals surface area contributed by atoms with Crippen LogP contribution in [0.4, 0.5) is 5.13 Å². The predicted molar refractivity (Wildman–Crippen MR) is 75.3 cm³/mol. The van der Waals surface area contributed by atoms with Gasteiger partial charge in [0.1, 0.15) is 0 Å². The van der Waals surface area contributed by atoms with Gasteiger partial charge in [-0.25, -0.2) is 4.98 Å². The fourth-order valence-electron chi connectivity index (χ4n) is 1.89. The van der Waals surface area contributed by atoms with Crippen molar-refractivity contribution in [3.63, 3.8) is 0 Å². The lowest BCUT2D eigenvalue weighted by atomic mass is 10.2. The molecule has 1 aromatic carbocycles. The van der Waals surface area contributed by atoms with E-state index in [1.54, 1.807) is 18.3 Å². The van der Waals surface area contributed by atoms with Crippen LogP contribution < -0.4 is 5.32 Å². The van der Waals surface area contributed by atoms with Crippen LogP contribution in [0.2, 0.25) is 0 Å². The van der Waals surface area contributed by atoms with Gasteiger partial charge < -0.3 is 9.84 Å². The summed E-state index contributed by atoms with van der Waals surface area (Å²) in [5, 5.41) is 8.22. The molecule has 0 bridgehead atoms. The van der Waals surface area contributed by atoms with Crippen molar-refractivity contribution in [2.45, 2.75) is 26.3 Å². The van der Waals surface area contributed by atoms with Crippen LogP contribution in [0.5, 0.6) is 0 Å². The summed E-state index contributed by atoms with van der Waals surface area (Å²) in [5.74, 6) is 1.26. The van der Waals surface area contributed by atoms with Gasteiger partial charge in [0.2, 0.25) is 5.89 Å². The van der Waals surface area contributed by atoms with E-state index >= 15 is 0 Å². The van der Waals surface area contributed by atoms with Crippen molar-refractivity contribution in [1.82, 2.24) is 15.1 Å². The number of rotatable bonds is 4. The molecule has 2 heterocycles. The van der Waals surface area contributed by atoms with Gasteiger partial charge in [0, 0.05) is 6.92 Å². The molecular formula is C13H14N4OS. The number of anilines is 1. The Morgan fingerprint density at radius 2 is 2.16 bits per heavy atom. The van der Waals surface area contributed by atoms with E-state index in [9.17, 15) is 0 Å². The molecule has 3 aromatic rings. The van der Waals surface area contributed by atoms with Gasteiger partial charge in [0.25, 0.3) is 0 Å². The average molecular weight is 274 g/mol. The first-order valence-electron chi connectivity index (χ1n) is 6.18. The zero-order chi connectivity index (χ0) is 13.2. The summed E-state index contributed by atoms with van der Waals surface area (Å²) in [4.78, 5) is 8.82. The lowest BCUT2D eigenvalue weighted by Gasteiger charge is -2.11. The number of aromatic nitrogens is 3. The highest BCUT2D eigenvalue weighted by atomic mass is 32.1. The molecule has 0 radical (unpaired) electrons. The minimum absolute atomic E-state index is 0.0259. The maximum Gasteiger partial charge on any atom is 0.223 e. The molecule has 1 atom stereocenters. The van der Waals surface area contributed by atoms with Gasteiger partial charge >= 0.3 is 0 Å². The molecular weight excluding hydrogens is 260 g/mol. The Kier molecular flexibility index (Phi) is 3.16. The second-order valence-electron chi connectivity index (χ2n) is 4.26. The summed E-state index contributed by atoms with van der Waals surface area (Å²) in [7, 11) is 0. The van der Waals surface area contributed by atoms with E-state index in [4.69, 9.17) is 4.52 Å². The van der Waals surface area contributed by atoms with E-state index in [2.05, 4.69) is 33.4 Å². The molecule has 98 valence electrons. The molecule has 2 aromatic heterocycles. The largest absolute Gasteiger partial charge is 0.351 e. The third kappa shape index (κ3) is 2.44. The molecule has 0 aliphatic rings. The van der Waals surface area contributed by atoms with Crippen LogP contribution in [0, 0.1) is 6.92 Å². The zero-order valence-corrected chi connectivity index (χ0v) is 11.6. The molecule has 0 fully saturated rings. The molecule has 3 rings (SSSR count). The Morgan fingerprint density at radius 3 is 2.84 bits per heavy atom. The second kappa shape index (κ2) is 4.97. The molecule has 6 heteroatoms. The van der Waals surface area contributed by atoms with Crippen LogP contribution in [-0.4, -0.2) is 15.1 Å². The number of hydrogen-bond donors (Lipinski definition) is 1. The Bertz CT molecular complexity index is 658. The number of benzene rings is 1. The van der Waals surface area contributed by atoms with Crippen molar-refractivity contribution in [2.75, 3.05) is 5.32 Å². The molecule has 0 amide bonds. The van der Waals surface area contributed by atoms with E-state index in [0.29, 0.717) is 11.7 Å². The molecule has 0 saturated heterocycles. The van der Waals surface area contributed by atoms with Crippen molar-refractivity contribution in [3.8, 4) is 0 Å². The smallest absolute Gasteiger partial charge is 0.223 e. The number of fused-ring (bicyclic) bond motifs is 1. The van der Waals surface area contributed by atoms with Crippen LogP contribution >= 0.6 is 11.3 Å². The number of nitrogens with one attached hydrogen (secondary N) is 1. The molecule has 0 aliphatic heterocycles. The van der Waals surface area contributed by atoms with Crippen molar-refractivity contribution in [3.05, 3.63) is 36.0 Å². The Balaban J connectivity index is 1.86. The van der Waals surface area contributed by atoms with E-state index in [1.807, 2.05) is 18.2 Å². The Labute approximate surface area is 114 Å². The average Bonchev–Trinajstić information content (AvgIpc) is 3.01.